The first kappa shape index (κ1) is 23.2. The molecule has 0 spiro atoms. The van der Waals surface area contributed by atoms with Crippen molar-refractivity contribution < 1.29 is 9.59 Å². The van der Waals surface area contributed by atoms with Gasteiger partial charge in [0.25, 0.3) is 0 Å². The number of rotatable bonds is 9. The lowest BCUT2D eigenvalue weighted by Gasteiger charge is -2.31. The number of carbonyl (C=O) groups excluding carboxylic acids is 2. The molecule has 2 aromatic carbocycles. The van der Waals surface area contributed by atoms with E-state index in [-0.39, 0.29) is 24.3 Å². The zero-order valence-corrected chi connectivity index (χ0v) is 18.6. The summed E-state index contributed by atoms with van der Waals surface area (Å²) in [5, 5.41) is 3.80. The van der Waals surface area contributed by atoms with Crippen molar-refractivity contribution in [1.82, 2.24) is 10.2 Å². The van der Waals surface area contributed by atoms with Crippen LogP contribution < -0.4 is 5.32 Å². The third-order valence-corrected chi connectivity index (χ3v) is 5.38. The molecule has 2 amide bonds. The molecule has 0 radical (unpaired) electrons. The fourth-order valence-corrected chi connectivity index (χ4v) is 3.52. The molecule has 0 unspecified atom stereocenters. The second kappa shape index (κ2) is 11.2. The molecular weight excluding hydrogens is 407 g/mol. The van der Waals surface area contributed by atoms with Gasteiger partial charge in [0.1, 0.15) is 6.04 Å². The minimum Gasteiger partial charge on any atom is -0.352 e. The Morgan fingerprint density at radius 3 is 2.28 bits per heavy atom. The van der Waals surface area contributed by atoms with Crippen LogP contribution in [0.2, 0.25) is 10.0 Å². The van der Waals surface area contributed by atoms with E-state index in [4.69, 9.17) is 23.2 Å². The lowest BCUT2D eigenvalue weighted by Crippen LogP contribution is -2.51. The SMILES string of the molecule is CC[C@H](C(=O)NC(C)C)N(CCc1ccccc1)C(=O)Cc1ccc(Cl)c(Cl)c1. The van der Waals surface area contributed by atoms with Crippen molar-refractivity contribution in [2.45, 2.75) is 52.1 Å². The van der Waals surface area contributed by atoms with Crippen LogP contribution in [0.1, 0.15) is 38.3 Å². The van der Waals surface area contributed by atoms with Crippen molar-refractivity contribution in [3.05, 3.63) is 69.7 Å². The molecule has 0 saturated heterocycles. The summed E-state index contributed by atoms with van der Waals surface area (Å²) >= 11 is 12.1. The topological polar surface area (TPSA) is 49.4 Å². The average molecular weight is 435 g/mol. The fraction of sp³-hybridized carbons (Fsp3) is 0.391. The van der Waals surface area contributed by atoms with Crippen molar-refractivity contribution in [1.29, 1.82) is 0 Å². The van der Waals surface area contributed by atoms with E-state index in [0.29, 0.717) is 29.4 Å². The van der Waals surface area contributed by atoms with Crippen LogP contribution in [0.25, 0.3) is 0 Å². The van der Waals surface area contributed by atoms with Crippen molar-refractivity contribution >= 4 is 35.0 Å². The van der Waals surface area contributed by atoms with Crippen LogP contribution in [-0.4, -0.2) is 35.3 Å². The number of nitrogens with zero attached hydrogens (tertiary/aromatic N) is 1. The predicted octanol–water partition coefficient (Wildman–Crippen LogP) is 4.91. The van der Waals surface area contributed by atoms with Gasteiger partial charge in [-0.15, -0.1) is 0 Å². The Balaban J connectivity index is 2.22. The molecule has 0 aliphatic carbocycles. The maximum absolute atomic E-state index is 13.2. The van der Waals surface area contributed by atoms with Gasteiger partial charge in [-0.2, -0.15) is 0 Å². The van der Waals surface area contributed by atoms with Crippen LogP contribution in [0.4, 0.5) is 0 Å². The molecular formula is C23H28Cl2N2O2. The molecule has 29 heavy (non-hydrogen) atoms. The van der Waals surface area contributed by atoms with Gasteiger partial charge in [0.05, 0.1) is 16.5 Å². The highest BCUT2D eigenvalue weighted by Crippen LogP contribution is 2.23. The molecule has 6 heteroatoms. The third kappa shape index (κ3) is 7.06. The second-order valence-corrected chi connectivity index (χ2v) is 8.15. The Morgan fingerprint density at radius 1 is 1.00 bits per heavy atom. The molecule has 0 heterocycles. The summed E-state index contributed by atoms with van der Waals surface area (Å²) in [7, 11) is 0. The maximum Gasteiger partial charge on any atom is 0.242 e. The Hall–Kier alpha value is -2.04. The van der Waals surface area contributed by atoms with Crippen molar-refractivity contribution in [3.63, 3.8) is 0 Å². The van der Waals surface area contributed by atoms with E-state index in [1.807, 2.05) is 51.1 Å². The molecule has 2 aromatic rings. The molecule has 0 aromatic heterocycles. The van der Waals surface area contributed by atoms with Crippen LogP contribution in [0, 0.1) is 0 Å². The summed E-state index contributed by atoms with van der Waals surface area (Å²) in [6.07, 6.45) is 1.39. The van der Waals surface area contributed by atoms with E-state index < -0.39 is 6.04 Å². The van der Waals surface area contributed by atoms with Gasteiger partial charge in [-0.05, 0) is 49.9 Å². The lowest BCUT2D eigenvalue weighted by molar-refractivity contribution is -0.140. The lowest BCUT2D eigenvalue weighted by atomic mass is 10.1. The Kier molecular flexibility index (Phi) is 8.99. The first-order chi connectivity index (χ1) is 13.8. The van der Waals surface area contributed by atoms with Crippen molar-refractivity contribution in [2.75, 3.05) is 6.54 Å². The van der Waals surface area contributed by atoms with E-state index in [2.05, 4.69) is 5.32 Å². The minimum atomic E-state index is -0.517. The van der Waals surface area contributed by atoms with Gasteiger partial charge < -0.3 is 10.2 Å². The third-order valence-electron chi connectivity index (χ3n) is 4.64. The van der Waals surface area contributed by atoms with E-state index in [0.717, 1.165) is 11.1 Å². The zero-order chi connectivity index (χ0) is 21.4. The normalized spacial score (nSPS) is 11.9. The van der Waals surface area contributed by atoms with Gasteiger partial charge in [-0.25, -0.2) is 0 Å². The molecule has 0 bridgehead atoms. The second-order valence-electron chi connectivity index (χ2n) is 7.34. The summed E-state index contributed by atoms with van der Waals surface area (Å²) in [6, 6.07) is 14.6. The van der Waals surface area contributed by atoms with Gasteiger partial charge in [-0.1, -0.05) is 66.5 Å². The molecule has 4 nitrogen and oxygen atoms in total. The molecule has 0 saturated carbocycles. The molecule has 156 valence electrons. The summed E-state index contributed by atoms with van der Waals surface area (Å²) < 4.78 is 0. The predicted molar refractivity (Wildman–Crippen MR) is 119 cm³/mol. The van der Waals surface area contributed by atoms with Gasteiger partial charge in [0.15, 0.2) is 0 Å². The van der Waals surface area contributed by atoms with Crippen LogP contribution in [-0.2, 0) is 22.4 Å². The van der Waals surface area contributed by atoms with Crippen LogP contribution in [0.5, 0.6) is 0 Å². The fourth-order valence-electron chi connectivity index (χ4n) is 3.20. The Morgan fingerprint density at radius 2 is 1.69 bits per heavy atom. The highest BCUT2D eigenvalue weighted by atomic mass is 35.5. The van der Waals surface area contributed by atoms with Gasteiger partial charge in [0, 0.05) is 12.6 Å². The smallest absolute Gasteiger partial charge is 0.242 e. The molecule has 1 atom stereocenters. The standard InChI is InChI=1S/C23H28Cl2N2O2/c1-4-21(23(29)26-16(2)3)27(13-12-17-8-6-5-7-9-17)22(28)15-18-10-11-19(24)20(25)14-18/h5-11,14,16,21H,4,12-13,15H2,1-3H3,(H,26,29)/t21-/m1/s1. The number of amides is 2. The average Bonchev–Trinajstić information content (AvgIpc) is 2.68. The van der Waals surface area contributed by atoms with Crippen LogP contribution >= 0.6 is 23.2 Å². The van der Waals surface area contributed by atoms with Gasteiger partial charge in [-0.3, -0.25) is 9.59 Å². The molecule has 0 aliphatic heterocycles. The number of hydrogen-bond acceptors (Lipinski definition) is 2. The van der Waals surface area contributed by atoms with Crippen LogP contribution in [0.3, 0.4) is 0 Å². The van der Waals surface area contributed by atoms with E-state index in [9.17, 15) is 9.59 Å². The first-order valence-corrected chi connectivity index (χ1v) is 10.6. The number of hydrogen-bond donors (Lipinski definition) is 1. The molecule has 2 rings (SSSR count). The van der Waals surface area contributed by atoms with Crippen LogP contribution in [0.15, 0.2) is 48.5 Å². The minimum absolute atomic E-state index is 0.0118. The summed E-state index contributed by atoms with van der Waals surface area (Å²) in [5.74, 6) is -0.233. The number of benzene rings is 2. The summed E-state index contributed by atoms with van der Waals surface area (Å²) in [6.45, 7) is 6.22. The van der Waals surface area contributed by atoms with E-state index in [1.165, 1.54) is 0 Å². The number of halogens is 2. The number of carbonyl (C=O) groups is 2. The van der Waals surface area contributed by atoms with Crippen molar-refractivity contribution in [3.8, 4) is 0 Å². The maximum atomic E-state index is 13.2. The molecule has 0 aliphatic rings. The highest BCUT2D eigenvalue weighted by molar-refractivity contribution is 6.42. The quantitative estimate of drug-likeness (QED) is 0.609. The van der Waals surface area contributed by atoms with Crippen molar-refractivity contribution in [2.24, 2.45) is 0 Å². The van der Waals surface area contributed by atoms with E-state index >= 15 is 0 Å². The molecule has 0 fully saturated rings. The zero-order valence-electron chi connectivity index (χ0n) is 17.1. The summed E-state index contributed by atoms with van der Waals surface area (Å²) in [5.41, 5.74) is 1.90. The number of nitrogens with one attached hydrogen (secondary N) is 1. The Labute approximate surface area is 183 Å². The largest absolute Gasteiger partial charge is 0.352 e. The highest BCUT2D eigenvalue weighted by Gasteiger charge is 2.28. The van der Waals surface area contributed by atoms with Gasteiger partial charge in [0.2, 0.25) is 11.8 Å². The Bertz CT molecular complexity index is 825. The first-order valence-electron chi connectivity index (χ1n) is 9.89. The summed E-state index contributed by atoms with van der Waals surface area (Å²) in [4.78, 5) is 27.6. The molecule has 1 N–H and O–H groups in total. The van der Waals surface area contributed by atoms with E-state index in [1.54, 1.807) is 23.1 Å². The van der Waals surface area contributed by atoms with Gasteiger partial charge >= 0.3 is 0 Å². The monoisotopic (exact) mass is 434 g/mol.